The fourth-order valence-corrected chi connectivity index (χ4v) is 2.89. The number of carbonyl (C=O) groups is 2. The second-order valence-electron chi connectivity index (χ2n) is 5.83. The number of allylic oxidation sites excluding steroid dienone is 1. The normalized spacial score (nSPS) is 14.1. The highest BCUT2D eigenvalue weighted by Gasteiger charge is 2.28. The highest BCUT2D eigenvalue weighted by Crippen LogP contribution is 2.35. The summed E-state index contributed by atoms with van der Waals surface area (Å²) in [7, 11) is 0. The molecule has 0 saturated carbocycles. The van der Waals surface area contributed by atoms with E-state index in [1.807, 2.05) is 0 Å². The predicted octanol–water partition coefficient (Wildman–Crippen LogP) is 4.92. The van der Waals surface area contributed by atoms with E-state index in [0.717, 1.165) is 4.47 Å². The highest BCUT2D eigenvalue weighted by molar-refractivity contribution is 9.10. The maximum Gasteiger partial charge on any atom is 0.232 e. The number of benzene rings is 2. The first-order valence-corrected chi connectivity index (χ1v) is 8.93. The Bertz CT molecular complexity index is 1030. The van der Waals surface area contributed by atoms with Gasteiger partial charge in [0.2, 0.25) is 5.78 Å². The number of Topliss-reactive ketones (excluding diaryl/α,β-unsaturated/α-hetero) is 2. The van der Waals surface area contributed by atoms with E-state index in [4.69, 9.17) is 13.9 Å². The van der Waals surface area contributed by atoms with Gasteiger partial charge in [0.05, 0.1) is 11.8 Å². The molecule has 1 aliphatic rings. The van der Waals surface area contributed by atoms with Gasteiger partial charge in [-0.15, -0.1) is 0 Å². The molecule has 0 radical (unpaired) electrons. The smallest absolute Gasteiger partial charge is 0.232 e. The minimum atomic E-state index is -0.223. The molecule has 0 saturated heterocycles. The monoisotopic (exact) mass is 424 g/mol. The van der Waals surface area contributed by atoms with Crippen molar-refractivity contribution < 1.29 is 23.5 Å². The summed E-state index contributed by atoms with van der Waals surface area (Å²) in [6.07, 6.45) is 3.06. The first-order chi connectivity index (χ1) is 13.1. The predicted molar refractivity (Wildman–Crippen MR) is 102 cm³/mol. The van der Waals surface area contributed by atoms with Crippen molar-refractivity contribution in [3.8, 4) is 11.5 Å². The summed E-state index contributed by atoms with van der Waals surface area (Å²) in [6, 6.07) is 15.4. The van der Waals surface area contributed by atoms with Crippen molar-refractivity contribution in [2.45, 2.75) is 0 Å². The Labute approximate surface area is 163 Å². The van der Waals surface area contributed by atoms with Gasteiger partial charge in [-0.1, -0.05) is 28.1 Å². The number of ketones is 2. The first-order valence-electron chi connectivity index (χ1n) is 8.13. The van der Waals surface area contributed by atoms with Gasteiger partial charge < -0.3 is 13.9 Å². The number of furan rings is 1. The van der Waals surface area contributed by atoms with Crippen LogP contribution in [0.2, 0.25) is 0 Å². The molecule has 0 bridgehead atoms. The Morgan fingerprint density at radius 1 is 1.11 bits per heavy atom. The third-order valence-corrected chi connectivity index (χ3v) is 4.52. The maximum absolute atomic E-state index is 12.4. The molecule has 0 unspecified atom stereocenters. The van der Waals surface area contributed by atoms with Gasteiger partial charge in [0.15, 0.2) is 18.1 Å². The number of hydrogen-bond acceptors (Lipinski definition) is 5. The minimum absolute atomic E-state index is 0.108. The fraction of sp³-hybridized carbons (Fsp3) is 0.0476. The minimum Gasteiger partial charge on any atom is -0.485 e. The Balaban J connectivity index is 1.46. The van der Waals surface area contributed by atoms with Gasteiger partial charge >= 0.3 is 0 Å². The van der Waals surface area contributed by atoms with Crippen LogP contribution in [0.4, 0.5) is 0 Å². The zero-order valence-corrected chi connectivity index (χ0v) is 15.6. The quantitative estimate of drug-likeness (QED) is 0.429. The van der Waals surface area contributed by atoms with Crippen LogP contribution >= 0.6 is 15.9 Å². The van der Waals surface area contributed by atoms with E-state index >= 15 is 0 Å². The number of ether oxygens (including phenoxy) is 2. The summed E-state index contributed by atoms with van der Waals surface area (Å²) in [4.78, 5) is 24.6. The van der Waals surface area contributed by atoms with Crippen LogP contribution in [0.5, 0.6) is 11.5 Å². The van der Waals surface area contributed by atoms with Crippen LogP contribution in [0.3, 0.4) is 0 Å². The summed E-state index contributed by atoms with van der Waals surface area (Å²) in [5, 5.41) is 0. The number of rotatable bonds is 5. The van der Waals surface area contributed by atoms with Crippen LogP contribution in [0.1, 0.15) is 26.5 Å². The molecule has 134 valence electrons. The molecule has 1 aromatic heterocycles. The van der Waals surface area contributed by atoms with Gasteiger partial charge in [-0.05, 0) is 36.4 Å². The molecule has 6 heteroatoms. The number of hydrogen-bond donors (Lipinski definition) is 0. The van der Waals surface area contributed by atoms with E-state index in [1.165, 1.54) is 6.26 Å². The van der Waals surface area contributed by atoms with Crippen molar-refractivity contribution in [3.63, 3.8) is 0 Å². The fourth-order valence-electron chi connectivity index (χ4n) is 2.63. The summed E-state index contributed by atoms with van der Waals surface area (Å²) in [5.74, 6) is 1.20. The van der Waals surface area contributed by atoms with E-state index in [9.17, 15) is 9.59 Å². The van der Waals surface area contributed by atoms with Crippen LogP contribution in [0.15, 0.2) is 75.5 Å². The molecule has 0 atom stereocenters. The van der Waals surface area contributed by atoms with E-state index in [-0.39, 0.29) is 23.9 Å². The zero-order chi connectivity index (χ0) is 18.8. The average molecular weight is 425 g/mol. The van der Waals surface area contributed by atoms with Crippen LogP contribution in [-0.4, -0.2) is 18.2 Å². The van der Waals surface area contributed by atoms with Crippen LogP contribution < -0.4 is 9.47 Å². The highest BCUT2D eigenvalue weighted by atomic mass is 79.9. The molecular weight excluding hydrogens is 412 g/mol. The Hall–Kier alpha value is -3.12. The molecule has 1 aliphatic heterocycles. The molecule has 2 aromatic carbocycles. The molecule has 0 aliphatic carbocycles. The third-order valence-electron chi connectivity index (χ3n) is 3.99. The van der Waals surface area contributed by atoms with Crippen molar-refractivity contribution in [1.29, 1.82) is 0 Å². The summed E-state index contributed by atoms with van der Waals surface area (Å²) < 4.78 is 17.3. The largest absolute Gasteiger partial charge is 0.485 e. The molecule has 0 spiro atoms. The number of carbonyl (C=O) groups excluding carboxylic acids is 2. The molecular formula is C21H13BrO5. The lowest BCUT2D eigenvalue weighted by Crippen LogP contribution is -2.11. The van der Waals surface area contributed by atoms with Gasteiger partial charge in [-0.3, -0.25) is 9.59 Å². The molecule has 0 fully saturated rings. The van der Waals surface area contributed by atoms with E-state index < -0.39 is 0 Å². The van der Waals surface area contributed by atoms with E-state index in [0.29, 0.717) is 28.4 Å². The number of halogens is 1. The van der Waals surface area contributed by atoms with Crippen LogP contribution in [0, 0.1) is 0 Å². The molecule has 4 rings (SSSR count). The molecule has 3 aromatic rings. The van der Waals surface area contributed by atoms with Gasteiger partial charge in [0.25, 0.3) is 0 Å². The molecule has 0 N–H and O–H groups in total. The molecule has 27 heavy (non-hydrogen) atoms. The van der Waals surface area contributed by atoms with Crippen molar-refractivity contribution in [2.75, 3.05) is 6.61 Å². The topological polar surface area (TPSA) is 65.7 Å². The Kier molecular flexibility index (Phi) is 4.64. The molecule has 2 heterocycles. The summed E-state index contributed by atoms with van der Waals surface area (Å²) >= 11 is 3.33. The van der Waals surface area contributed by atoms with Gasteiger partial charge in [0, 0.05) is 22.2 Å². The van der Waals surface area contributed by atoms with Gasteiger partial charge in [0.1, 0.15) is 17.3 Å². The third kappa shape index (κ3) is 3.71. The average Bonchev–Trinajstić information content (AvgIpc) is 3.29. The lowest BCUT2D eigenvalue weighted by atomic mass is 10.1. The van der Waals surface area contributed by atoms with Crippen molar-refractivity contribution >= 4 is 33.6 Å². The number of fused-ring (bicyclic) bond motifs is 1. The maximum atomic E-state index is 12.4. The standard InChI is InChI=1S/C21H13BrO5/c22-14-5-3-13(4-6-14)18(23)12-26-16-7-8-17-19(10-16)27-20(21(17)24)11-15-2-1-9-25-15/h1-11H,12H2/b20-11-. The van der Waals surface area contributed by atoms with Crippen molar-refractivity contribution in [2.24, 2.45) is 0 Å². The van der Waals surface area contributed by atoms with E-state index in [1.54, 1.807) is 60.7 Å². The Morgan fingerprint density at radius 3 is 2.67 bits per heavy atom. The first kappa shape index (κ1) is 17.3. The van der Waals surface area contributed by atoms with Crippen molar-refractivity contribution in [3.05, 3.63) is 88.0 Å². The molecule has 0 amide bonds. The Morgan fingerprint density at radius 2 is 1.93 bits per heavy atom. The molecule has 5 nitrogen and oxygen atoms in total. The second kappa shape index (κ2) is 7.25. The van der Waals surface area contributed by atoms with Crippen LogP contribution in [0.25, 0.3) is 6.08 Å². The lowest BCUT2D eigenvalue weighted by Gasteiger charge is -2.07. The van der Waals surface area contributed by atoms with Gasteiger partial charge in [-0.2, -0.15) is 0 Å². The van der Waals surface area contributed by atoms with E-state index in [2.05, 4.69) is 15.9 Å². The summed E-state index contributed by atoms with van der Waals surface area (Å²) in [6.45, 7) is -0.108. The van der Waals surface area contributed by atoms with Crippen LogP contribution in [-0.2, 0) is 0 Å². The SMILES string of the molecule is O=C(COc1ccc2c(c1)O/C(=C\c1ccco1)C2=O)c1ccc(Br)cc1. The lowest BCUT2D eigenvalue weighted by molar-refractivity contribution is 0.0921. The van der Waals surface area contributed by atoms with Gasteiger partial charge in [-0.25, -0.2) is 0 Å². The second-order valence-corrected chi connectivity index (χ2v) is 6.75. The zero-order valence-electron chi connectivity index (χ0n) is 14.0. The summed E-state index contributed by atoms with van der Waals surface area (Å²) in [5.41, 5.74) is 1.01. The van der Waals surface area contributed by atoms with Crippen molar-refractivity contribution in [1.82, 2.24) is 0 Å².